The second-order valence-electron chi connectivity index (χ2n) is 2.81. The van der Waals surface area contributed by atoms with Crippen molar-refractivity contribution in [2.45, 2.75) is 6.61 Å². The maximum absolute atomic E-state index is 5.07. The Morgan fingerprint density at radius 1 is 1.36 bits per heavy atom. The van der Waals surface area contributed by atoms with Gasteiger partial charge < -0.3 is 0 Å². The third-order valence-corrected chi connectivity index (χ3v) is 2.73. The number of nitrogens with two attached hydrogens (primary N) is 1. The summed E-state index contributed by atoms with van der Waals surface area (Å²) in [6.07, 6.45) is 1.79. The Balaban J connectivity index is 2.42. The minimum Gasteiger partial charge on any atom is -0.300 e. The van der Waals surface area contributed by atoms with Crippen molar-refractivity contribution in [2.24, 2.45) is 5.90 Å². The molecule has 14 heavy (non-hydrogen) atoms. The molecule has 2 aromatic rings. The van der Waals surface area contributed by atoms with Crippen LogP contribution in [0.2, 0.25) is 0 Å². The summed E-state index contributed by atoms with van der Waals surface area (Å²) in [5, 5.41) is 2.95. The number of hydrogen-bond acceptors (Lipinski definition) is 4. The minimum atomic E-state index is 0.412. The topological polar surface area (TPSA) is 48.1 Å². The standard InChI is InChI=1S/C10H10N2OS/c11-13-7-8-3-1-2-4-9(8)10-12-5-6-14-10/h1-6H,7,11H2. The van der Waals surface area contributed by atoms with Crippen molar-refractivity contribution in [3.05, 3.63) is 41.4 Å². The van der Waals surface area contributed by atoms with E-state index in [0.717, 1.165) is 16.1 Å². The van der Waals surface area contributed by atoms with Crippen LogP contribution in [-0.4, -0.2) is 4.98 Å². The lowest BCUT2D eigenvalue weighted by Gasteiger charge is -2.04. The van der Waals surface area contributed by atoms with Crippen LogP contribution in [0.3, 0.4) is 0 Å². The Kier molecular flexibility index (Phi) is 2.88. The molecule has 1 aromatic heterocycles. The van der Waals surface area contributed by atoms with E-state index in [-0.39, 0.29) is 0 Å². The Labute approximate surface area is 86.1 Å². The predicted molar refractivity (Wildman–Crippen MR) is 56.5 cm³/mol. The summed E-state index contributed by atoms with van der Waals surface area (Å²) in [6.45, 7) is 0.412. The van der Waals surface area contributed by atoms with Gasteiger partial charge in [-0.1, -0.05) is 24.3 Å². The van der Waals surface area contributed by atoms with Crippen LogP contribution in [-0.2, 0) is 11.4 Å². The molecule has 4 heteroatoms. The van der Waals surface area contributed by atoms with Gasteiger partial charge in [0.05, 0.1) is 6.61 Å². The van der Waals surface area contributed by atoms with Crippen molar-refractivity contribution < 1.29 is 4.84 Å². The first-order chi connectivity index (χ1) is 6.92. The van der Waals surface area contributed by atoms with Crippen LogP contribution in [0.15, 0.2) is 35.8 Å². The number of aromatic nitrogens is 1. The molecule has 0 aliphatic carbocycles. The Morgan fingerprint density at radius 3 is 2.93 bits per heavy atom. The summed E-state index contributed by atoms with van der Waals surface area (Å²) in [5.74, 6) is 5.07. The number of hydrogen-bond donors (Lipinski definition) is 1. The Bertz CT molecular complexity index is 400. The lowest BCUT2D eigenvalue weighted by molar-refractivity contribution is 0.124. The third-order valence-electron chi connectivity index (χ3n) is 1.92. The van der Waals surface area contributed by atoms with Crippen LogP contribution in [0.4, 0.5) is 0 Å². The highest BCUT2D eigenvalue weighted by atomic mass is 32.1. The van der Waals surface area contributed by atoms with Gasteiger partial charge in [-0.05, 0) is 5.56 Å². The fourth-order valence-corrected chi connectivity index (χ4v) is 2.00. The third kappa shape index (κ3) is 1.82. The maximum atomic E-state index is 5.07. The van der Waals surface area contributed by atoms with E-state index in [9.17, 15) is 0 Å². The minimum absolute atomic E-state index is 0.412. The average molecular weight is 206 g/mol. The molecule has 0 unspecified atom stereocenters. The Morgan fingerprint density at radius 2 is 2.21 bits per heavy atom. The van der Waals surface area contributed by atoms with Gasteiger partial charge in [0.25, 0.3) is 0 Å². The summed E-state index contributed by atoms with van der Waals surface area (Å²) in [6, 6.07) is 7.96. The van der Waals surface area contributed by atoms with Gasteiger partial charge in [0.1, 0.15) is 5.01 Å². The predicted octanol–water partition coefficient (Wildman–Crippen LogP) is 2.20. The molecular formula is C10H10N2OS. The molecule has 2 N–H and O–H groups in total. The van der Waals surface area contributed by atoms with Crippen molar-refractivity contribution in [1.82, 2.24) is 4.98 Å². The van der Waals surface area contributed by atoms with Crippen molar-refractivity contribution >= 4 is 11.3 Å². The molecule has 0 saturated carbocycles. The Hall–Kier alpha value is -1.23. The van der Waals surface area contributed by atoms with Gasteiger partial charge in [-0.3, -0.25) is 4.84 Å². The van der Waals surface area contributed by atoms with E-state index in [1.54, 1.807) is 17.5 Å². The normalized spacial score (nSPS) is 10.4. The quantitative estimate of drug-likeness (QED) is 0.783. The molecular weight excluding hydrogens is 196 g/mol. The first kappa shape index (κ1) is 9.33. The van der Waals surface area contributed by atoms with E-state index < -0.39 is 0 Å². The molecule has 1 aromatic carbocycles. The van der Waals surface area contributed by atoms with Crippen LogP contribution in [0, 0.1) is 0 Å². The summed E-state index contributed by atoms with van der Waals surface area (Å²) in [5.41, 5.74) is 2.15. The van der Waals surface area contributed by atoms with Gasteiger partial charge in [0.15, 0.2) is 0 Å². The molecule has 1 heterocycles. The summed E-state index contributed by atoms with van der Waals surface area (Å²) < 4.78 is 0. The van der Waals surface area contributed by atoms with Gasteiger partial charge in [-0.25, -0.2) is 10.9 Å². The van der Waals surface area contributed by atoms with Gasteiger partial charge in [-0.15, -0.1) is 11.3 Å². The number of nitrogens with zero attached hydrogens (tertiary/aromatic N) is 1. The second-order valence-corrected chi connectivity index (χ2v) is 3.70. The fraction of sp³-hybridized carbons (Fsp3) is 0.100. The molecule has 0 spiro atoms. The SMILES string of the molecule is NOCc1ccccc1-c1nccs1. The van der Waals surface area contributed by atoms with Gasteiger partial charge in [-0.2, -0.15) is 0 Å². The first-order valence-electron chi connectivity index (χ1n) is 4.21. The lowest BCUT2D eigenvalue weighted by Crippen LogP contribution is -2.00. The highest BCUT2D eigenvalue weighted by molar-refractivity contribution is 7.13. The van der Waals surface area contributed by atoms with E-state index in [0.29, 0.717) is 6.61 Å². The zero-order valence-corrected chi connectivity index (χ0v) is 8.33. The molecule has 72 valence electrons. The van der Waals surface area contributed by atoms with Crippen molar-refractivity contribution in [2.75, 3.05) is 0 Å². The van der Waals surface area contributed by atoms with E-state index in [2.05, 4.69) is 9.82 Å². The van der Waals surface area contributed by atoms with Crippen LogP contribution in [0.1, 0.15) is 5.56 Å². The smallest absolute Gasteiger partial charge is 0.123 e. The highest BCUT2D eigenvalue weighted by Crippen LogP contribution is 2.25. The average Bonchev–Trinajstić information content (AvgIpc) is 2.72. The maximum Gasteiger partial charge on any atom is 0.123 e. The molecule has 0 fully saturated rings. The van der Waals surface area contributed by atoms with Gasteiger partial charge >= 0.3 is 0 Å². The van der Waals surface area contributed by atoms with Gasteiger partial charge in [0.2, 0.25) is 0 Å². The molecule has 0 aliphatic rings. The highest BCUT2D eigenvalue weighted by Gasteiger charge is 2.05. The number of thiazole rings is 1. The summed E-state index contributed by atoms with van der Waals surface area (Å²) in [4.78, 5) is 8.89. The second kappa shape index (κ2) is 4.32. The molecule has 0 saturated heterocycles. The van der Waals surface area contributed by atoms with Crippen molar-refractivity contribution in [3.63, 3.8) is 0 Å². The van der Waals surface area contributed by atoms with E-state index in [1.807, 2.05) is 29.6 Å². The van der Waals surface area contributed by atoms with Crippen LogP contribution < -0.4 is 5.90 Å². The molecule has 0 bridgehead atoms. The van der Waals surface area contributed by atoms with Crippen LogP contribution in [0.25, 0.3) is 10.6 Å². The van der Waals surface area contributed by atoms with Crippen molar-refractivity contribution in [3.8, 4) is 10.6 Å². The van der Waals surface area contributed by atoms with Gasteiger partial charge in [0, 0.05) is 17.1 Å². The molecule has 0 aliphatic heterocycles. The van der Waals surface area contributed by atoms with E-state index in [4.69, 9.17) is 5.90 Å². The summed E-state index contributed by atoms with van der Waals surface area (Å²) in [7, 11) is 0. The monoisotopic (exact) mass is 206 g/mol. The zero-order valence-electron chi connectivity index (χ0n) is 7.51. The van der Waals surface area contributed by atoms with Crippen LogP contribution in [0.5, 0.6) is 0 Å². The summed E-state index contributed by atoms with van der Waals surface area (Å²) >= 11 is 1.61. The fourth-order valence-electron chi connectivity index (χ4n) is 1.30. The zero-order chi connectivity index (χ0) is 9.80. The van der Waals surface area contributed by atoms with Crippen LogP contribution >= 0.6 is 11.3 Å². The van der Waals surface area contributed by atoms with E-state index >= 15 is 0 Å². The first-order valence-corrected chi connectivity index (χ1v) is 5.09. The molecule has 2 rings (SSSR count). The lowest BCUT2D eigenvalue weighted by atomic mass is 10.1. The molecule has 0 radical (unpaired) electrons. The number of benzene rings is 1. The molecule has 3 nitrogen and oxygen atoms in total. The molecule has 0 amide bonds. The molecule has 0 atom stereocenters. The van der Waals surface area contributed by atoms with E-state index in [1.165, 1.54) is 0 Å². The van der Waals surface area contributed by atoms with Crippen molar-refractivity contribution in [1.29, 1.82) is 0 Å². The number of rotatable bonds is 3. The largest absolute Gasteiger partial charge is 0.300 e.